The molecule has 1 aromatic rings. The Kier molecular flexibility index (Phi) is 17.4. The fraction of sp³-hybridized carbons (Fsp3) is 0.667. The molecule has 0 spiro atoms. The molecule has 10 atom stereocenters. The first-order valence-electron chi connectivity index (χ1n) is 25.2. The Morgan fingerprint density at radius 2 is 0.875 bits per heavy atom. The largest absolute Gasteiger partial charge is 0.508 e. The minimum Gasteiger partial charge on any atom is -0.508 e. The Bertz CT molecular complexity index is 2250. The van der Waals surface area contributed by atoms with Crippen molar-refractivity contribution < 1.29 is 68.4 Å². The number of nitrogens with zero attached hydrogens (tertiary/aromatic N) is 6. The van der Waals surface area contributed by atoms with Crippen LogP contribution >= 0.6 is 0 Å². The number of aliphatic hydroxyl groups is 2. The number of aliphatic carboxylic acids is 1. The number of carbonyl (C=O) groups is 10. The quantitative estimate of drug-likeness (QED) is 0.0760. The molecule has 0 radical (unpaired) electrons. The van der Waals surface area contributed by atoms with E-state index in [0.717, 1.165) is 0 Å². The van der Waals surface area contributed by atoms with E-state index in [1.807, 2.05) is 0 Å². The number of phenolic OH excluding ortho intramolecular Hbond substituents is 1. The van der Waals surface area contributed by atoms with Crippen LogP contribution < -0.4 is 21.7 Å². The van der Waals surface area contributed by atoms with E-state index in [-0.39, 0.29) is 57.9 Å². The molecule has 6 fully saturated rings. The van der Waals surface area contributed by atoms with E-state index >= 15 is 0 Å². The minimum absolute atomic E-state index is 0.0756. The summed E-state index contributed by atoms with van der Waals surface area (Å²) in [7, 11) is 0. The molecule has 9 N–H and O–H groups in total. The number of likely N-dealkylation sites (tertiary alicyclic amines) is 6. The Morgan fingerprint density at radius 1 is 0.514 bits per heavy atom. The second kappa shape index (κ2) is 23.4. The van der Waals surface area contributed by atoms with Crippen LogP contribution in [0.4, 0.5) is 0 Å². The van der Waals surface area contributed by atoms with Gasteiger partial charge in [0.1, 0.15) is 60.1 Å². The number of aliphatic hydroxyl groups excluding tert-OH is 2. The molecular formula is C48H68N10O14. The van der Waals surface area contributed by atoms with Crippen molar-refractivity contribution in [1.29, 1.82) is 0 Å². The third kappa shape index (κ3) is 11.4. The molecule has 6 heterocycles. The summed E-state index contributed by atoms with van der Waals surface area (Å²) >= 11 is 0. The molecule has 9 amide bonds. The number of benzene rings is 1. The molecule has 24 nitrogen and oxygen atoms in total. The van der Waals surface area contributed by atoms with Gasteiger partial charge in [0.15, 0.2) is 0 Å². The number of phenols is 1. The molecule has 0 bridgehead atoms. The number of nitrogens with one attached hydrogen (secondary N) is 3. The smallest absolute Gasteiger partial charge is 0.326 e. The standard InChI is InChI=1S/C48H68N10O14/c1-27(49)42(65)53-18-2-8-33(53)41(64)51-31(25-59)40(63)50-30(24-28-14-16-29(61)17-15-28)39(62)52-32(26-60)43(66)54-19-3-9-34(54)44(67)55-20-4-10-35(55)45(68)56-21-5-11-36(56)46(69)57-22-6-12-37(57)47(70)58-23-7-13-38(58)48(71)72/h14-17,27,30-38,59-61H,2-13,18-26,49H2,1H3,(H,50,63)(H,51,64)(H,52,62)(H,71,72)/t27-,30-,31-,32-,33-,34-,35-,36-,37-,38-/m0/s1. The maximum atomic E-state index is 14.5. The van der Waals surface area contributed by atoms with Gasteiger partial charge < -0.3 is 71.5 Å². The normalized spacial score (nSPS) is 25.8. The van der Waals surface area contributed by atoms with Gasteiger partial charge in [-0.1, -0.05) is 12.1 Å². The van der Waals surface area contributed by atoms with E-state index in [9.17, 15) is 68.4 Å². The maximum absolute atomic E-state index is 14.5. The highest BCUT2D eigenvalue weighted by Gasteiger charge is 2.49. The molecular weight excluding hydrogens is 941 g/mol. The second-order valence-electron chi connectivity index (χ2n) is 19.7. The van der Waals surface area contributed by atoms with E-state index in [1.165, 1.54) is 60.6 Å². The molecule has 72 heavy (non-hydrogen) atoms. The molecule has 7 rings (SSSR count). The maximum Gasteiger partial charge on any atom is 0.326 e. The summed E-state index contributed by atoms with van der Waals surface area (Å²) in [4.78, 5) is 145. The van der Waals surface area contributed by atoms with Gasteiger partial charge in [0, 0.05) is 45.7 Å². The number of hydrogen-bond donors (Lipinski definition) is 8. The van der Waals surface area contributed by atoms with E-state index in [0.29, 0.717) is 76.2 Å². The van der Waals surface area contributed by atoms with Crippen LogP contribution in [0.1, 0.15) is 89.5 Å². The highest BCUT2D eigenvalue weighted by molar-refractivity contribution is 5.99. The van der Waals surface area contributed by atoms with Gasteiger partial charge in [-0.15, -0.1) is 0 Å². The van der Waals surface area contributed by atoms with Crippen molar-refractivity contribution in [2.45, 2.75) is 151 Å². The summed E-state index contributed by atoms with van der Waals surface area (Å²) in [6.45, 7) is 1.05. The number of amides is 9. The molecule has 6 aliphatic rings. The number of carboxylic acids is 1. The number of carboxylic acid groups (broad SMARTS) is 1. The summed E-state index contributed by atoms with van der Waals surface area (Å²) in [5.74, 6) is -6.80. The van der Waals surface area contributed by atoms with Gasteiger partial charge in [-0.25, -0.2) is 4.79 Å². The summed E-state index contributed by atoms with van der Waals surface area (Å²) in [5, 5.41) is 47.8. The fourth-order valence-corrected chi connectivity index (χ4v) is 11.2. The summed E-state index contributed by atoms with van der Waals surface area (Å²) < 4.78 is 0. The van der Waals surface area contributed by atoms with Gasteiger partial charge >= 0.3 is 5.97 Å². The predicted octanol–water partition coefficient (Wildman–Crippen LogP) is -3.25. The average molecular weight is 1010 g/mol. The second-order valence-corrected chi connectivity index (χ2v) is 19.7. The number of aromatic hydroxyl groups is 1. The fourth-order valence-electron chi connectivity index (χ4n) is 11.2. The molecule has 1 aromatic carbocycles. The summed E-state index contributed by atoms with van der Waals surface area (Å²) in [5.41, 5.74) is 6.22. The molecule has 0 aliphatic carbocycles. The Morgan fingerprint density at radius 3 is 1.31 bits per heavy atom. The Hall–Kier alpha value is -6.40. The molecule has 394 valence electrons. The van der Waals surface area contributed by atoms with Gasteiger partial charge in [0.25, 0.3) is 0 Å². The Labute approximate surface area is 416 Å². The number of carbonyl (C=O) groups excluding carboxylic acids is 9. The van der Waals surface area contributed by atoms with Crippen LogP contribution in [0.25, 0.3) is 0 Å². The molecule has 6 aliphatic heterocycles. The first kappa shape index (κ1) is 53.4. The first-order valence-corrected chi connectivity index (χ1v) is 25.2. The lowest BCUT2D eigenvalue weighted by atomic mass is 10.0. The van der Waals surface area contributed by atoms with Crippen molar-refractivity contribution in [2.75, 3.05) is 52.5 Å². The van der Waals surface area contributed by atoms with Crippen molar-refractivity contribution in [3.63, 3.8) is 0 Å². The lowest BCUT2D eigenvalue weighted by Crippen LogP contribution is -2.61. The van der Waals surface area contributed by atoms with Crippen LogP contribution in [0, 0.1) is 0 Å². The predicted molar refractivity (Wildman–Crippen MR) is 251 cm³/mol. The summed E-state index contributed by atoms with van der Waals surface area (Å²) in [6, 6.07) is -5.47. The van der Waals surface area contributed by atoms with Gasteiger partial charge in [-0.05, 0) is 102 Å². The third-order valence-corrected chi connectivity index (χ3v) is 15.0. The van der Waals surface area contributed by atoms with Crippen LogP contribution in [-0.2, 0) is 54.4 Å². The number of hydrogen-bond acceptors (Lipinski definition) is 14. The van der Waals surface area contributed by atoms with Gasteiger partial charge in [0.2, 0.25) is 53.2 Å². The molecule has 0 aromatic heterocycles. The highest BCUT2D eigenvalue weighted by atomic mass is 16.4. The van der Waals surface area contributed by atoms with E-state index in [1.54, 1.807) is 0 Å². The molecule has 0 saturated carbocycles. The number of nitrogens with two attached hydrogens (primary N) is 1. The monoisotopic (exact) mass is 1010 g/mol. The Balaban J connectivity index is 1.00. The molecule has 24 heteroatoms. The van der Waals surface area contributed by atoms with Crippen molar-refractivity contribution in [3.8, 4) is 5.75 Å². The first-order chi connectivity index (χ1) is 34.4. The zero-order chi connectivity index (χ0) is 52.0. The topological polar surface area (TPSA) is 333 Å². The molecule has 6 saturated heterocycles. The SMILES string of the molecule is C[C@H](N)C(=O)N1CCC[C@H]1C(=O)N[C@@H](CO)C(=O)N[C@@H](Cc1ccc(O)cc1)C(=O)N[C@@H](CO)C(=O)N1CCC[C@H]1C(=O)N1CCC[C@H]1C(=O)N1CCC[C@H]1C(=O)N1CCC[C@H]1C(=O)N1CCC[C@H]1C(=O)O. The van der Waals surface area contributed by atoms with Crippen LogP contribution in [0.2, 0.25) is 0 Å². The van der Waals surface area contributed by atoms with Crippen LogP contribution in [0.15, 0.2) is 24.3 Å². The van der Waals surface area contributed by atoms with Gasteiger partial charge in [0.05, 0.1) is 19.3 Å². The zero-order valence-corrected chi connectivity index (χ0v) is 40.6. The van der Waals surface area contributed by atoms with Crippen molar-refractivity contribution >= 4 is 59.1 Å². The average Bonchev–Trinajstić information content (AvgIpc) is 4.23. The van der Waals surface area contributed by atoms with E-state index < -0.39 is 133 Å². The van der Waals surface area contributed by atoms with Crippen molar-refractivity contribution in [2.24, 2.45) is 5.73 Å². The lowest BCUT2D eigenvalue weighted by Gasteiger charge is -2.36. The summed E-state index contributed by atoms with van der Waals surface area (Å²) in [6.07, 6.45) is 4.60. The molecule has 0 unspecified atom stereocenters. The number of rotatable bonds is 17. The van der Waals surface area contributed by atoms with Crippen molar-refractivity contribution in [1.82, 2.24) is 45.3 Å². The third-order valence-electron chi connectivity index (χ3n) is 15.0. The minimum atomic E-state index is -1.61. The van der Waals surface area contributed by atoms with Crippen LogP contribution in [0.5, 0.6) is 5.75 Å². The van der Waals surface area contributed by atoms with Crippen LogP contribution in [-0.4, -0.2) is 222 Å². The van der Waals surface area contributed by atoms with E-state index in [2.05, 4.69) is 16.0 Å². The van der Waals surface area contributed by atoms with Crippen molar-refractivity contribution in [3.05, 3.63) is 29.8 Å². The van der Waals surface area contributed by atoms with Gasteiger partial charge in [-0.3, -0.25) is 43.2 Å². The lowest BCUT2D eigenvalue weighted by molar-refractivity contribution is -0.155. The zero-order valence-electron chi connectivity index (χ0n) is 40.6. The highest BCUT2D eigenvalue weighted by Crippen LogP contribution is 2.32. The van der Waals surface area contributed by atoms with Gasteiger partial charge in [-0.2, -0.15) is 0 Å². The van der Waals surface area contributed by atoms with Crippen LogP contribution in [0.3, 0.4) is 0 Å². The van der Waals surface area contributed by atoms with E-state index in [4.69, 9.17) is 5.73 Å².